The Morgan fingerprint density at radius 1 is 1.28 bits per heavy atom. The number of nitrogens with zero attached hydrogens (tertiary/aromatic N) is 4. The molecule has 0 aliphatic carbocycles. The van der Waals surface area contributed by atoms with E-state index in [9.17, 15) is 4.79 Å². The molecule has 0 unspecified atom stereocenters. The third-order valence-electron chi connectivity index (χ3n) is 4.62. The molecule has 0 atom stereocenters. The maximum absolute atomic E-state index is 12.8. The Hall–Kier alpha value is -2.96. The van der Waals surface area contributed by atoms with E-state index in [4.69, 9.17) is 0 Å². The van der Waals surface area contributed by atoms with Gasteiger partial charge in [-0.15, -0.1) is 0 Å². The number of rotatable bonds is 3. The maximum Gasteiger partial charge on any atom is 0.256 e. The molecule has 0 radical (unpaired) electrons. The van der Waals surface area contributed by atoms with Crippen LogP contribution >= 0.6 is 0 Å². The summed E-state index contributed by atoms with van der Waals surface area (Å²) in [6.07, 6.45) is 6.85. The van der Waals surface area contributed by atoms with E-state index >= 15 is 0 Å². The van der Waals surface area contributed by atoms with Crippen molar-refractivity contribution in [2.75, 3.05) is 18.4 Å². The highest BCUT2D eigenvalue weighted by Gasteiger charge is 2.25. The topological polar surface area (TPSA) is 86.8 Å². The van der Waals surface area contributed by atoms with Gasteiger partial charge in [-0.2, -0.15) is 0 Å². The van der Waals surface area contributed by atoms with Gasteiger partial charge in [-0.3, -0.25) is 4.79 Å². The van der Waals surface area contributed by atoms with Crippen LogP contribution < -0.4 is 5.32 Å². The first-order valence-corrected chi connectivity index (χ1v) is 8.47. The summed E-state index contributed by atoms with van der Waals surface area (Å²) in [5.74, 6) is 0.913. The van der Waals surface area contributed by atoms with Gasteiger partial charge in [0.2, 0.25) is 0 Å². The number of H-pyrrole nitrogens is 1. The second kappa shape index (κ2) is 6.51. The summed E-state index contributed by atoms with van der Waals surface area (Å²) in [7, 11) is 0. The van der Waals surface area contributed by atoms with Gasteiger partial charge in [-0.1, -0.05) is 0 Å². The minimum atomic E-state index is 0.0654. The van der Waals surface area contributed by atoms with Crippen LogP contribution in [0.25, 0.3) is 11.0 Å². The van der Waals surface area contributed by atoms with Gasteiger partial charge in [-0.05, 0) is 31.9 Å². The fraction of sp³-hybridized carbons (Fsp3) is 0.333. The summed E-state index contributed by atoms with van der Waals surface area (Å²) >= 11 is 0. The molecule has 4 rings (SSSR count). The summed E-state index contributed by atoms with van der Waals surface area (Å²) in [5, 5.41) is 4.32. The van der Waals surface area contributed by atoms with Gasteiger partial charge in [0, 0.05) is 48.7 Å². The minimum absolute atomic E-state index is 0.0654. The number of hydrogen-bond acceptors (Lipinski definition) is 5. The van der Waals surface area contributed by atoms with Gasteiger partial charge >= 0.3 is 0 Å². The molecular weight excluding hydrogens is 316 g/mol. The van der Waals surface area contributed by atoms with Crippen LogP contribution in [0.15, 0.2) is 36.9 Å². The number of amides is 1. The summed E-state index contributed by atoms with van der Waals surface area (Å²) < 4.78 is 0. The van der Waals surface area contributed by atoms with Gasteiger partial charge < -0.3 is 15.2 Å². The molecule has 2 N–H and O–H groups in total. The molecule has 0 spiro atoms. The monoisotopic (exact) mass is 336 g/mol. The first-order chi connectivity index (χ1) is 12.2. The van der Waals surface area contributed by atoms with Crippen molar-refractivity contribution in [1.82, 2.24) is 24.8 Å². The Labute approximate surface area is 145 Å². The molecule has 1 amide bonds. The predicted octanol–water partition coefficient (Wildman–Crippen LogP) is 2.38. The zero-order valence-electron chi connectivity index (χ0n) is 14.1. The lowest BCUT2D eigenvalue weighted by Gasteiger charge is -2.32. The number of aromatic nitrogens is 4. The summed E-state index contributed by atoms with van der Waals surface area (Å²) in [4.78, 5) is 30.4. The Morgan fingerprint density at radius 3 is 2.92 bits per heavy atom. The van der Waals surface area contributed by atoms with Crippen molar-refractivity contribution < 1.29 is 4.79 Å². The lowest BCUT2D eigenvalue weighted by Crippen LogP contribution is -2.42. The molecule has 7 nitrogen and oxygen atoms in total. The van der Waals surface area contributed by atoms with Crippen molar-refractivity contribution in [2.24, 2.45) is 0 Å². The van der Waals surface area contributed by atoms with Crippen molar-refractivity contribution in [3.63, 3.8) is 0 Å². The fourth-order valence-electron chi connectivity index (χ4n) is 3.27. The van der Waals surface area contributed by atoms with Crippen molar-refractivity contribution in [1.29, 1.82) is 0 Å². The highest BCUT2D eigenvalue weighted by atomic mass is 16.2. The fourth-order valence-corrected chi connectivity index (χ4v) is 3.27. The van der Waals surface area contributed by atoms with Crippen LogP contribution in [0.3, 0.4) is 0 Å². The van der Waals surface area contributed by atoms with E-state index in [0.29, 0.717) is 11.6 Å². The number of aryl methyl sites for hydroxylation is 1. The van der Waals surface area contributed by atoms with Gasteiger partial charge in [0.05, 0.1) is 5.56 Å². The smallest absolute Gasteiger partial charge is 0.256 e. The molecule has 1 saturated heterocycles. The first-order valence-electron chi connectivity index (χ1n) is 8.47. The second-order valence-corrected chi connectivity index (χ2v) is 6.36. The number of aromatic amines is 1. The van der Waals surface area contributed by atoms with Crippen molar-refractivity contribution in [3.8, 4) is 0 Å². The van der Waals surface area contributed by atoms with Crippen molar-refractivity contribution in [3.05, 3.63) is 48.2 Å². The van der Waals surface area contributed by atoms with Crippen LogP contribution in [-0.2, 0) is 0 Å². The molecule has 3 aromatic rings. The molecule has 128 valence electrons. The molecule has 1 aliphatic heterocycles. The molecule has 1 aliphatic rings. The van der Waals surface area contributed by atoms with Crippen LogP contribution in [0.4, 0.5) is 5.82 Å². The maximum atomic E-state index is 12.8. The van der Waals surface area contributed by atoms with E-state index in [0.717, 1.165) is 48.5 Å². The number of likely N-dealkylation sites (tertiary alicyclic amines) is 1. The number of anilines is 1. The first kappa shape index (κ1) is 15.6. The third-order valence-corrected chi connectivity index (χ3v) is 4.62. The summed E-state index contributed by atoms with van der Waals surface area (Å²) in [6.45, 7) is 3.41. The van der Waals surface area contributed by atoms with Gasteiger partial charge in [-0.25, -0.2) is 15.0 Å². The quantitative estimate of drug-likeness (QED) is 0.767. The normalized spacial score (nSPS) is 15.5. The van der Waals surface area contributed by atoms with Crippen LogP contribution in [0.1, 0.15) is 28.9 Å². The van der Waals surface area contributed by atoms with E-state index in [1.165, 1.54) is 0 Å². The lowest BCUT2D eigenvalue weighted by molar-refractivity contribution is 0.0720. The highest BCUT2D eigenvalue weighted by Crippen LogP contribution is 2.21. The van der Waals surface area contributed by atoms with Crippen LogP contribution in [0.2, 0.25) is 0 Å². The van der Waals surface area contributed by atoms with E-state index in [-0.39, 0.29) is 5.91 Å². The molecule has 3 aromatic heterocycles. The van der Waals surface area contributed by atoms with Gasteiger partial charge in [0.15, 0.2) is 0 Å². The lowest BCUT2D eigenvalue weighted by atomic mass is 10.0. The average Bonchev–Trinajstić information content (AvgIpc) is 3.06. The number of pyridine rings is 1. The number of hydrogen-bond donors (Lipinski definition) is 2. The predicted molar refractivity (Wildman–Crippen MR) is 95.4 cm³/mol. The molecule has 0 bridgehead atoms. The molecule has 1 fully saturated rings. The van der Waals surface area contributed by atoms with E-state index < -0.39 is 0 Å². The standard InChI is InChI=1S/C18H20N6O/c1-12-9-16(22-11-21-12)23-13-4-7-24(8-5-13)18(25)15-10-20-17-14(15)3-2-6-19-17/h2-3,6,9-11,13H,4-5,7-8H2,1H3,(H,19,20)(H,21,22,23). The third kappa shape index (κ3) is 3.17. The van der Waals surface area contributed by atoms with E-state index in [2.05, 4.69) is 25.3 Å². The summed E-state index contributed by atoms with van der Waals surface area (Å²) in [6, 6.07) is 6.05. The molecule has 4 heterocycles. The number of piperidine rings is 1. The summed E-state index contributed by atoms with van der Waals surface area (Å²) in [5.41, 5.74) is 2.39. The minimum Gasteiger partial charge on any atom is -0.367 e. The number of fused-ring (bicyclic) bond motifs is 1. The second-order valence-electron chi connectivity index (χ2n) is 6.36. The molecule has 25 heavy (non-hydrogen) atoms. The SMILES string of the molecule is Cc1cc(NC2CCN(C(=O)c3c[nH]c4ncccc34)CC2)ncn1. The number of nitrogens with one attached hydrogen (secondary N) is 2. The van der Waals surface area contributed by atoms with Gasteiger partial charge in [0.25, 0.3) is 5.91 Å². The molecule has 0 aromatic carbocycles. The molecule has 7 heteroatoms. The largest absolute Gasteiger partial charge is 0.367 e. The average molecular weight is 336 g/mol. The van der Waals surface area contributed by atoms with E-state index in [1.54, 1.807) is 18.7 Å². The van der Waals surface area contributed by atoms with Crippen molar-refractivity contribution in [2.45, 2.75) is 25.8 Å². The van der Waals surface area contributed by atoms with Crippen LogP contribution in [0, 0.1) is 6.92 Å². The Balaban J connectivity index is 1.40. The Morgan fingerprint density at radius 2 is 2.12 bits per heavy atom. The van der Waals surface area contributed by atoms with E-state index in [1.807, 2.05) is 30.0 Å². The van der Waals surface area contributed by atoms with Crippen molar-refractivity contribution >= 4 is 22.8 Å². The number of carbonyl (C=O) groups excluding carboxylic acids is 1. The zero-order valence-corrected chi connectivity index (χ0v) is 14.1. The zero-order chi connectivity index (χ0) is 17.2. The highest BCUT2D eigenvalue weighted by molar-refractivity contribution is 6.05. The van der Waals surface area contributed by atoms with Crippen LogP contribution in [0.5, 0.6) is 0 Å². The molecule has 0 saturated carbocycles. The number of carbonyl (C=O) groups is 1. The molecular formula is C18H20N6O. The Bertz CT molecular complexity index is 897. The Kier molecular flexibility index (Phi) is 4.05. The van der Waals surface area contributed by atoms with Gasteiger partial charge in [0.1, 0.15) is 17.8 Å². The van der Waals surface area contributed by atoms with Crippen LogP contribution in [-0.4, -0.2) is 49.9 Å².